The fourth-order valence-electron chi connectivity index (χ4n) is 2.25. The van der Waals surface area contributed by atoms with Crippen molar-refractivity contribution in [1.82, 2.24) is 5.32 Å². The van der Waals surface area contributed by atoms with E-state index in [1.165, 1.54) is 6.07 Å². The maximum absolute atomic E-state index is 13.6. The summed E-state index contributed by atoms with van der Waals surface area (Å²) in [4.78, 5) is 0. The van der Waals surface area contributed by atoms with E-state index in [1.807, 2.05) is 24.3 Å². The molecule has 1 atom stereocenters. The van der Waals surface area contributed by atoms with E-state index in [1.54, 1.807) is 26.2 Å². The highest BCUT2D eigenvalue weighted by molar-refractivity contribution is 7.80. The second-order valence-electron chi connectivity index (χ2n) is 5.30. The van der Waals surface area contributed by atoms with Gasteiger partial charge in [0.2, 0.25) is 0 Å². The van der Waals surface area contributed by atoms with Gasteiger partial charge in [0.05, 0.1) is 13.2 Å². The Kier molecular flexibility index (Phi) is 5.93. The molecule has 0 amide bonds. The second kappa shape index (κ2) is 7.92. The largest absolute Gasteiger partial charge is 0.497 e. The van der Waals surface area contributed by atoms with Gasteiger partial charge in [-0.05, 0) is 61.0 Å². The van der Waals surface area contributed by atoms with Crippen molar-refractivity contribution in [2.75, 3.05) is 12.4 Å². The van der Waals surface area contributed by atoms with Crippen LogP contribution in [0.4, 0.5) is 10.1 Å². The third-order valence-electron chi connectivity index (χ3n) is 3.66. The molecule has 0 saturated carbocycles. The molecule has 0 aliphatic carbocycles. The van der Waals surface area contributed by atoms with E-state index in [-0.39, 0.29) is 11.9 Å². The van der Waals surface area contributed by atoms with Crippen LogP contribution in [0.25, 0.3) is 0 Å². The predicted molar refractivity (Wildman–Crippen MR) is 96.5 cm³/mol. The van der Waals surface area contributed by atoms with Gasteiger partial charge in [0.15, 0.2) is 5.11 Å². The molecule has 0 aliphatic rings. The number of nitrogens with one attached hydrogen (secondary N) is 2. The van der Waals surface area contributed by atoms with Gasteiger partial charge in [-0.25, -0.2) is 4.39 Å². The van der Waals surface area contributed by atoms with Crippen molar-refractivity contribution >= 4 is 23.0 Å². The molecular formula is C18H21FN2OS. The first-order chi connectivity index (χ1) is 11.0. The fourth-order valence-corrected chi connectivity index (χ4v) is 2.51. The molecule has 0 fully saturated rings. The Morgan fingerprint density at radius 3 is 2.48 bits per heavy atom. The van der Waals surface area contributed by atoms with Gasteiger partial charge < -0.3 is 15.4 Å². The Morgan fingerprint density at radius 2 is 1.91 bits per heavy atom. The van der Waals surface area contributed by atoms with Gasteiger partial charge >= 0.3 is 0 Å². The first-order valence-corrected chi connectivity index (χ1v) is 7.92. The van der Waals surface area contributed by atoms with Crippen molar-refractivity contribution < 1.29 is 9.13 Å². The Morgan fingerprint density at radius 1 is 1.22 bits per heavy atom. The van der Waals surface area contributed by atoms with Crippen LogP contribution in [0.3, 0.4) is 0 Å². The van der Waals surface area contributed by atoms with E-state index in [0.29, 0.717) is 16.4 Å². The SMILES string of the molecule is CC[C@H](NC(=S)Nc1ccc(C)c(F)c1)c1ccc(OC)cc1. The molecule has 2 aromatic carbocycles. The summed E-state index contributed by atoms with van der Waals surface area (Å²) >= 11 is 5.33. The number of rotatable bonds is 5. The number of benzene rings is 2. The summed E-state index contributed by atoms with van der Waals surface area (Å²) in [6.45, 7) is 3.81. The summed E-state index contributed by atoms with van der Waals surface area (Å²) in [6.07, 6.45) is 0.871. The first-order valence-electron chi connectivity index (χ1n) is 7.51. The maximum Gasteiger partial charge on any atom is 0.171 e. The summed E-state index contributed by atoms with van der Waals surface area (Å²) < 4.78 is 18.7. The van der Waals surface area contributed by atoms with Crippen molar-refractivity contribution in [3.05, 3.63) is 59.4 Å². The third-order valence-corrected chi connectivity index (χ3v) is 3.88. The minimum Gasteiger partial charge on any atom is -0.497 e. The minimum atomic E-state index is -0.250. The highest BCUT2D eigenvalue weighted by Crippen LogP contribution is 2.20. The van der Waals surface area contributed by atoms with Gasteiger partial charge in [0.25, 0.3) is 0 Å². The zero-order valence-electron chi connectivity index (χ0n) is 13.5. The molecule has 2 rings (SSSR count). The van der Waals surface area contributed by atoms with E-state index in [2.05, 4.69) is 17.6 Å². The van der Waals surface area contributed by atoms with Crippen LogP contribution in [0.1, 0.15) is 30.5 Å². The molecule has 0 spiro atoms. The number of thiocarbonyl (C=S) groups is 1. The van der Waals surface area contributed by atoms with Gasteiger partial charge in [-0.2, -0.15) is 0 Å². The molecule has 0 radical (unpaired) electrons. The van der Waals surface area contributed by atoms with Crippen LogP contribution in [-0.2, 0) is 0 Å². The highest BCUT2D eigenvalue weighted by Gasteiger charge is 2.11. The lowest BCUT2D eigenvalue weighted by Gasteiger charge is -2.20. The molecule has 5 heteroatoms. The standard InChI is InChI=1S/C18H21FN2OS/c1-4-17(13-6-9-15(22-3)10-7-13)21-18(23)20-14-8-5-12(2)16(19)11-14/h5-11,17H,4H2,1-3H3,(H2,20,21,23)/t17-/m0/s1. The zero-order chi connectivity index (χ0) is 16.8. The van der Waals surface area contributed by atoms with Crippen LogP contribution in [0.5, 0.6) is 5.75 Å². The average molecular weight is 332 g/mol. The third kappa shape index (κ3) is 4.66. The molecule has 122 valence electrons. The van der Waals surface area contributed by atoms with Crippen LogP contribution in [0.15, 0.2) is 42.5 Å². The van der Waals surface area contributed by atoms with Gasteiger partial charge in [-0.15, -0.1) is 0 Å². The summed E-state index contributed by atoms with van der Waals surface area (Å²) in [5, 5.41) is 6.75. The van der Waals surface area contributed by atoms with Crippen molar-refractivity contribution in [2.45, 2.75) is 26.3 Å². The number of hydrogen-bond acceptors (Lipinski definition) is 2. The molecule has 0 unspecified atom stereocenters. The summed E-state index contributed by atoms with van der Waals surface area (Å²) in [6, 6.07) is 12.9. The van der Waals surface area contributed by atoms with E-state index >= 15 is 0 Å². The van der Waals surface area contributed by atoms with Crippen molar-refractivity contribution in [3.63, 3.8) is 0 Å². The number of halogens is 1. The van der Waals surface area contributed by atoms with Crippen LogP contribution in [0.2, 0.25) is 0 Å². The van der Waals surface area contributed by atoms with Crippen molar-refractivity contribution in [2.24, 2.45) is 0 Å². The Hall–Kier alpha value is -2.14. The normalized spacial score (nSPS) is 11.7. The van der Waals surface area contributed by atoms with Crippen LogP contribution >= 0.6 is 12.2 Å². The lowest BCUT2D eigenvalue weighted by atomic mass is 10.0. The molecule has 2 N–H and O–H groups in total. The van der Waals surface area contributed by atoms with Crippen molar-refractivity contribution in [3.8, 4) is 5.75 Å². The highest BCUT2D eigenvalue weighted by atomic mass is 32.1. The average Bonchev–Trinajstić information content (AvgIpc) is 2.56. The van der Waals surface area contributed by atoms with Crippen LogP contribution in [0, 0.1) is 12.7 Å². The van der Waals surface area contributed by atoms with Gasteiger partial charge in [0, 0.05) is 5.69 Å². The van der Waals surface area contributed by atoms with Crippen LogP contribution in [-0.4, -0.2) is 12.2 Å². The molecule has 0 heterocycles. The maximum atomic E-state index is 13.6. The zero-order valence-corrected chi connectivity index (χ0v) is 14.3. The lowest BCUT2D eigenvalue weighted by molar-refractivity contribution is 0.414. The first kappa shape index (κ1) is 17.2. The second-order valence-corrected chi connectivity index (χ2v) is 5.70. The number of hydrogen-bond donors (Lipinski definition) is 2. The van der Waals surface area contributed by atoms with Gasteiger partial charge in [-0.3, -0.25) is 0 Å². The van der Waals surface area contributed by atoms with E-state index in [0.717, 1.165) is 17.7 Å². The molecule has 0 aromatic heterocycles. The molecular weight excluding hydrogens is 311 g/mol. The van der Waals surface area contributed by atoms with Gasteiger partial charge in [0.1, 0.15) is 11.6 Å². The topological polar surface area (TPSA) is 33.3 Å². The molecule has 0 bridgehead atoms. The lowest BCUT2D eigenvalue weighted by Crippen LogP contribution is -2.32. The van der Waals surface area contributed by atoms with E-state index in [9.17, 15) is 4.39 Å². The molecule has 0 aliphatic heterocycles. The fraction of sp³-hybridized carbons (Fsp3) is 0.278. The van der Waals surface area contributed by atoms with Crippen LogP contribution < -0.4 is 15.4 Å². The van der Waals surface area contributed by atoms with E-state index < -0.39 is 0 Å². The van der Waals surface area contributed by atoms with Gasteiger partial charge in [-0.1, -0.05) is 25.1 Å². The number of aryl methyl sites for hydroxylation is 1. The minimum absolute atomic E-state index is 0.0798. The summed E-state index contributed by atoms with van der Waals surface area (Å²) in [5.41, 5.74) is 2.36. The molecule has 3 nitrogen and oxygen atoms in total. The quantitative estimate of drug-likeness (QED) is 0.785. The summed E-state index contributed by atoms with van der Waals surface area (Å²) in [5.74, 6) is 0.569. The smallest absolute Gasteiger partial charge is 0.171 e. The summed E-state index contributed by atoms with van der Waals surface area (Å²) in [7, 11) is 1.64. The number of methoxy groups -OCH3 is 1. The number of anilines is 1. The number of ether oxygens (including phenoxy) is 1. The van der Waals surface area contributed by atoms with E-state index in [4.69, 9.17) is 17.0 Å². The Labute approximate surface area is 141 Å². The Balaban J connectivity index is 2.02. The molecule has 2 aromatic rings. The Bertz CT molecular complexity index is 673. The van der Waals surface area contributed by atoms with Crippen molar-refractivity contribution in [1.29, 1.82) is 0 Å². The monoisotopic (exact) mass is 332 g/mol. The molecule has 23 heavy (non-hydrogen) atoms. The predicted octanol–water partition coefficient (Wildman–Crippen LogP) is 4.58. The molecule has 0 saturated heterocycles.